The summed E-state index contributed by atoms with van der Waals surface area (Å²) in [5, 5.41) is 39.8. The van der Waals surface area contributed by atoms with Crippen LogP contribution in [-0.2, 0) is 23.7 Å². The summed E-state index contributed by atoms with van der Waals surface area (Å²) in [7, 11) is 0. The molecule has 44 heavy (non-hydrogen) atoms. The highest BCUT2D eigenvalue weighted by molar-refractivity contribution is 5.69. The topological polar surface area (TPSA) is 135 Å². The van der Waals surface area contributed by atoms with Gasteiger partial charge in [-0.25, -0.2) is 0 Å². The van der Waals surface area contributed by atoms with Gasteiger partial charge in [0.05, 0.1) is 19.8 Å². The molecule has 0 spiro atoms. The molecule has 0 aromatic heterocycles. The van der Waals surface area contributed by atoms with Gasteiger partial charge in [-0.15, -0.1) is 0 Å². The van der Waals surface area contributed by atoms with Gasteiger partial charge < -0.3 is 39.4 Å². The van der Waals surface area contributed by atoms with Gasteiger partial charge in [-0.3, -0.25) is 4.79 Å². The van der Waals surface area contributed by atoms with Crippen LogP contribution in [0.5, 0.6) is 0 Å². The van der Waals surface area contributed by atoms with Crippen LogP contribution in [0.2, 0.25) is 0 Å². The number of unbranched alkanes of at least 4 members (excludes halogenated alkanes) is 19. The van der Waals surface area contributed by atoms with Crippen molar-refractivity contribution in [3.63, 3.8) is 0 Å². The van der Waals surface area contributed by atoms with E-state index in [1.54, 1.807) is 0 Å². The van der Waals surface area contributed by atoms with E-state index in [9.17, 15) is 25.2 Å². The molecule has 1 aliphatic rings. The SMILES string of the molecule is CCCCCCCCCCCCCCCCOCC(COC1OC(CO)C(O)C(O)C1O)OC(=O)CCCCCCCCC. The molecule has 0 amide bonds. The number of esters is 1. The van der Waals surface area contributed by atoms with Crippen LogP contribution < -0.4 is 0 Å². The lowest BCUT2D eigenvalue weighted by Gasteiger charge is -2.39. The van der Waals surface area contributed by atoms with Crippen molar-refractivity contribution in [3.8, 4) is 0 Å². The zero-order valence-corrected chi connectivity index (χ0v) is 28.2. The summed E-state index contributed by atoms with van der Waals surface area (Å²) in [4.78, 5) is 12.5. The Balaban J connectivity index is 2.30. The first-order chi connectivity index (χ1) is 21.4. The van der Waals surface area contributed by atoms with E-state index in [1.807, 2.05) is 0 Å². The number of hydrogen-bond acceptors (Lipinski definition) is 9. The summed E-state index contributed by atoms with van der Waals surface area (Å²) in [6.45, 7) is 4.52. The summed E-state index contributed by atoms with van der Waals surface area (Å²) in [6, 6.07) is 0. The first-order valence-corrected chi connectivity index (χ1v) is 18.1. The number of ether oxygens (including phenoxy) is 4. The Morgan fingerprint density at radius 1 is 0.636 bits per heavy atom. The van der Waals surface area contributed by atoms with Crippen LogP contribution in [0, 0.1) is 0 Å². The van der Waals surface area contributed by atoms with Crippen LogP contribution in [0.1, 0.15) is 155 Å². The third-order valence-electron chi connectivity index (χ3n) is 8.52. The van der Waals surface area contributed by atoms with Crippen molar-refractivity contribution in [3.05, 3.63) is 0 Å². The maximum atomic E-state index is 12.5. The largest absolute Gasteiger partial charge is 0.457 e. The van der Waals surface area contributed by atoms with Gasteiger partial charge in [0.25, 0.3) is 0 Å². The summed E-state index contributed by atoms with van der Waals surface area (Å²) in [5.41, 5.74) is 0. The number of carbonyl (C=O) groups excluding carboxylic acids is 1. The fourth-order valence-corrected chi connectivity index (χ4v) is 5.61. The minimum Gasteiger partial charge on any atom is -0.457 e. The van der Waals surface area contributed by atoms with Crippen molar-refractivity contribution in [2.45, 2.75) is 192 Å². The lowest BCUT2D eigenvalue weighted by atomic mass is 9.99. The molecule has 1 aliphatic heterocycles. The molecule has 6 atom stereocenters. The molecule has 1 fully saturated rings. The van der Waals surface area contributed by atoms with Crippen molar-refractivity contribution in [1.29, 1.82) is 0 Å². The Bertz CT molecular complexity index is 648. The maximum absolute atomic E-state index is 12.5. The van der Waals surface area contributed by atoms with E-state index in [4.69, 9.17) is 18.9 Å². The Kier molecular flexibility index (Phi) is 26.6. The van der Waals surface area contributed by atoms with Gasteiger partial charge in [-0.05, 0) is 12.8 Å². The van der Waals surface area contributed by atoms with E-state index in [2.05, 4.69) is 13.8 Å². The molecule has 0 aromatic rings. The quantitative estimate of drug-likeness (QED) is 0.0527. The van der Waals surface area contributed by atoms with Crippen molar-refractivity contribution >= 4 is 5.97 Å². The standard InChI is InChI=1S/C35H68O9/c1-3-5-7-9-11-12-13-14-15-16-17-19-21-23-25-41-27-29(43-31(37)24-22-20-18-10-8-6-4-2)28-42-35-34(40)33(39)32(38)30(26-36)44-35/h29-30,32-36,38-40H,3-28H2,1-2H3. The Hall–Kier alpha value is -0.810. The lowest BCUT2D eigenvalue weighted by molar-refractivity contribution is -0.305. The highest BCUT2D eigenvalue weighted by Gasteiger charge is 2.44. The highest BCUT2D eigenvalue weighted by atomic mass is 16.7. The van der Waals surface area contributed by atoms with Gasteiger partial charge in [-0.2, -0.15) is 0 Å². The molecular weight excluding hydrogens is 564 g/mol. The van der Waals surface area contributed by atoms with Crippen LogP contribution in [0.4, 0.5) is 0 Å². The van der Waals surface area contributed by atoms with Crippen LogP contribution in [0.3, 0.4) is 0 Å². The van der Waals surface area contributed by atoms with Crippen LogP contribution in [-0.4, -0.2) is 89.6 Å². The van der Waals surface area contributed by atoms with Crippen LogP contribution >= 0.6 is 0 Å². The third-order valence-corrected chi connectivity index (χ3v) is 8.52. The van der Waals surface area contributed by atoms with Gasteiger partial charge in [0, 0.05) is 13.0 Å². The van der Waals surface area contributed by atoms with E-state index in [0.29, 0.717) is 13.0 Å². The van der Waals surface area contributed by atoms with Gasteiger partial charge >= 0.3 is 5.97 Å². The summed E-state index contributed by atoms with van der Waals surface area (Å²) < 4.78 is 22.6. The molecule has 0 aliphatic carbocycles. The highest BCUT2D eigenvalue weighted by Crippen LogP contribution is 2.22. The van der Waals surface area contributed by atoms with Gasteiger partial charge in [0.1, 0.15) is 30.5 Å². The second kappa shape index (κ2) is 28.4. The average Bonchev–Trinajstić information content (AvgIpc) is 3.02. The number of hydrogen-bond donors (Lipinski definition) is 4. The second-order valence-corrected chi connectivity index (χ2v) is 12.7. The van der Waals surface area contributed by atoms with Crippen LogP contribution in [0.25, 0.3) is 0 Å². The molecule has 0 saturated carbocycles. The molecule has 0 aromatic carbocycles. The van der Waals surface area contributed by atoms with Gasteiger partial charge in [0.2, 0.25) is 0 Å². The summed E-state index contributed by atoms with van der Waals surface area (Å²) in [5.74, 6) is -0.318. The number of rotatable bonds is 30. The molecule has 0 bridgehead atoms. The summed E-state index contributed by atoms with van der Waals surface area (Å²) >= 11 is 0. The van der Waals surface area contributed by atoms with E-state index >= 15 is 0 Å². The van der Waals surface area contributed by atoms with Crippen molar-refractivity contribution in [2.75, 3.05) is 26.4 Å². The summed E-state index contributed by atoms with van der Waals surface area (Å²) in [6.07, 6.45) is 18.6. The Morgan fingerprint density at radius 3 is 1.61 bits per heavy atom. The smallest absolute Gasteiger partial charge is 0.306 e. The Labute approximate surface area is 268 Å². The molecule has 1 heterocycles. The lowest BCUT2D eigenvalue weighted by Crippen LogP contribution is -2.59. The molecule has 0 radical (unpaired) electrons. The van der Waals surface area contributed by atoms with Gasteiger partial charge in [0.15, 0.2) is 6.29 Å². The maximum Gasteiger partial charge on any atom is 0.306 e. The molecule has 1 saturated heterocycles. The molecular formula is C35H68O9. The number of aliphatic hydroxyl groups is 4. The number of carbonyl (C=O) groups is 1. The van der Waals surface area contributed by atoms with Crippen molar-refractivity contribution in [1.82, 2.24) is 0 Å². The minimum atomic E-state index is -1.53. The second-order valence-electron chi connectivity index (χ2n) is 12.7. The average molecular weight is 633 g/mol. The fraction of sp³-hybridized carbons (Fsp3) is 0.971. The zero-order valence-electron chi connectivity index (χ0n) is 28.2. The molecule has 9 heteroatoms. The minimum absolute atomic E-state index is 0.107. The number of aliphatic hydroxyl groups excluding tert-OH is 4. The predicted molar refractivity (Wildman–Crippen MR) is 173 cm³/mol. The predicted octanol–water partition coefficient (Wildman–Crippen LogP) is 6.35. The van der Waals surface area contributed by atoms with Crippen molar-refractivity contribution < 1.29 is 44.2 Å². The van der Waals surface area contributed by atoms with E-state index in [0.717, 1.165) is 32.1 Å². The van der Waals surface area contributed by atoms with Gasteiger partial charge in [-0.1, -0.05) is 136 Å². The Morgan fingerprint density at radius 2 is 1.11 bits per heavy atom. The molecule has 1 rings (SSSR count). The van der Waals surface area contributed by atoms with E-state index in [-0.39, 0.29) is 19.2 Å². The molecule has 6 unspecified atom stereocenters. The monoisotopic (exact) mass is 632 g/mol. The third kappa shape index (κ3) is 20.3. The molecule has 4 N–H and O–H groups in total. The van der Waals surface area contributed by atoms with Crippen molar-refractivity contribution in [2.24, 2.45) is 0 Å². The first kappa shape index (κ1) is 41.2. The first-order valence-electron chi connectivity index (χ1n) is 18.1. The molecule has 9 nitrogen and oxygen atoms in total. The van der Waals surface area contributed by atoms with E-state index in [1.165, 1.54) is 103 Å². The zero-order chi connectivity index (χ0) is 32.3. The van der Waals surface area contributed by atoms with Crippen LogP contribution in [0.15, 0.2) is 0 Å². The van der Waals surface area contributed by atoms with E-state index < -0.39 is 43.4 Å². The normalized spacial score (nSPS) is 22.7. The molecule has 262 valence electrons. The fourth-order valence-electron chi connectivity index (χ4n) is 5.61.